The van der Waals surface area contributed by atoms with E-state index in [9.17, 15) is 0 Å². The van der Waals surface area contributed by atoms with Crippen LogP contribution >= 0.6 is 0 Å². The number of rotatable bonds is 1. The Labute approximate surface area is 77.4 Å². The van der Waals surface area contributed by atoms with Gasteiger partial charge in [-0.15, -0.1) is 0 Å². The maximum atomic E-state index is 8.11. The van der Waals surface area contributed by atoms with Crippen LogP contribution < -0.4 is 0 Å². The summed E-state index contributed by atoms with van der Waals surface area (Å²) in [5, 5.41) is 16.0. The molecule has 0 aromatic rings. The Kier molecular flexibility index (Phi) is 11.1. The molecule has 2 N–H and O–H groups in total. The molecule has 2 nitrogen and oxygen atoms in total. The van der Waals surface area contributed by atoms with E-state index in [0.717, 1.165) is 0 Å². The Balaban J connectivity index is -0.0000000267. The predicted octanol–water partition coefficient (Wildman–Crippen LogP) is -0.796. The first kappa shape index (κ1) is 10.4. The Morgan fingerprint density at radius 2 is 2.00 bits per heavy atom. The molecule has 0 radical (unpaired) electrons. The number of hydrogen-bond donors (Lipinski definition) is 2. The van der Waals surface area contributed by atoms with Crippen LogP contribution in [0.1, 0.15) is 9.78 Å². The Bertz CT molecular complexity index is 29.2. The summed E-state index contributed by atoms with van der Waals surface area (Å²) in [4.78, 5) is 0. The van der Waals surface area contributed by atoms with Crippen molar-refractivity contribution in [3.63, 3.8) is 0 Å². The molecule has 0 saturated heterocycles. The molecule has 0 aromatic heterocycles. The van der Waals surface area contributed by atoms with Crippen LogP contribution in [-0.2, 0) is 0 Å². The molecule has 0 aliphatic heterocycles. The Morgan fingerprint density at radius 3 is 2.00 bits per heavy atom. The second kappa shape index (κ2) is 6.40. The van der Waals surface area contributed by atoms with E-state index in [1.807, 2.05) is 0 Å². The van der Waals surface area contributed by atoms with Gasteiger partial charge in [-0.25, -0.2) is 0 Å². The molecule has 0 rings (SSSR count). The molecule has 0 aliphatic rings. The van der Waals surface area contributed by atoms with Crippen molar-refractivity contribution < 1.29 is 13.1 Å². The molecule has 0 fully saturated rings. The minimum absolute atomic E-state index is 0. The van der Waals surface area contributed by atoms with Crippen molar-refractivity contribution in [3.8, 4) is 0 Å². The maximum absolute atomic E-state index is 8.11. The summed E-state index contributed by atoms with van der Waals surface area (Å²) in [6, 6.07) is 0. The predicted molar refractivity (Wildman–Crippen MR) is 26.7 cm³/mol. The summed E-state index contributed by atoms with van der Waals surface area (Å²) in [5.74, 6) is 0. The summed E-state index contributed by atoms with van der Waals surface area (Å²) < 4.78 is 0. The van der Waals surface area contributed by atoms with Crippen molar-refractivity contribution in [2.24, 2.45) is 0 Å². The largest absolute Gasteiger partial charge is 2.00 e. The maximum Gasteiger partial charge on any atom is 2.00 e. The van der Waals surface area contributed by atoms with Gasteiger partial charge in [0.15, 0.2) is 0 Å². The number of aliphatic hydroxyl groups is 2. The molecule has 0 heterocycles. The average molecular weight is 166 g/mol. The second-order valence-corrected chi connectivity index (χ2v) is 1.03. The summed E-state index contributed by atoms with van der Waals surface area (Å²) in [5.41, 5.74) is 0. The first-order valence-corrected chi connectivity index (χ1v) is 1.56. The van der Waals surface area contributed by atoms with Crippen molar-refractivity contribution >= 4 is 45.5 Å². The SMILES string of the molecule is CC(O)CO.[H-].[H-].[Sr+2]. The van der Waals surface area contributed by atoms with Gasteiger partial charge in [-0.05, 0) is 6.92 Å². The molecule has 6 heavy (non-hydrogen) atoms. The normalized spacial score (nSPS) is 12.5. The summed E-state index contributed by atoms with van der Waals surface area (Å²) in [7, 11) is 0. The van der Waals surface area contributed by atoms with Gasteiger partial charge in [-0.2, -0.15) is 0 Å². The minimum atomic E-state index is -0.560. The first-order chi connectivity index (χ1) is 2.27. The first-order valence-electron chi connectivity index (χ1n) is 1.56. The van der Waals surface area contributed by atoms with Gasteiger partial charge in [-0.3, -0.25) is 0 Å². The Hall–Kier alpha value is 1.40. The van der Waals surface area contributed by atoms with Gasteiger partial charge in [0.2, 0.25) is 0 Å². The van der Waals surface area contributed by atoms with E-state index in [4.69, 9.17) is 10.2 Å². The van der Waals surface area contributed by atoms with Gasteiger partial charge in [0, 0.05) is 0 Å². The van der Waals surface area contributed by atoms with E-state index in [-0.39, 0.29) is 54.9 Å². The zero-order chi connectivity index (χ0) is 4.28. The third kappa shape index (κ3) is 9.04. The molecule has 36 valence electrons. The number of hydrogen-bond acceptors (Lipinski definition) is 2. The molecule has 3 heteroatoms. The van der Waals surface area contributed by atoms with E-state index >= 15 is 0 Å². The van der Waals surface area contributed by atoms with Gasteiger partial charge < -0.3 is 13.1 Å². The smallest absolute Gasteiger partial charge is 1.00 e. The fourth-order valence-corrected chi connectivity index (χ4v) is 0. The van der Waals surface area contributed by atoms with Crippen LogP contribution in [0.4, 0.5) is 0 Å². The third-order valence-electron chi connectivity index (χ3n) is 0.264. The van der Waals surface area contributed by atoms with Crippen molar-refractivity contribution in [2.45, 2.75) is 13.0 Å². The van der Waals surface area contributed by atoms with Gasteiger partial charge in [0.1, 0.15) is 0 Å². The molecule has 0 aromatic carbocycles. The van der Waals surface area contributed by atoms with Crippen LogP contribution in [0.25, 0.3) is 0 Å². The van der Waals surface area contributed by atoms with Crippen LogP contribution in [-0.4, -0.2) is 68.4 Å². The summed E-state index contributed by atoms with van der Waals surface area (Å²) in [6.07, 6.45) is -0.560. The van der Waals surface area contributed by atoms with E-state index in [1.54, 1.807) is 0 Å². The monoisotopic (exact) mass is 166 g/mol. The topological polar surface area (TPSA) is 40.5 Å². The molecule has 1 unspecified atom stereocenters. The van der Waals surface area contributed by atoms with Crippen LogP contribution in [0.5, 0.6) is 0 Å². The standard InChI is InChI=1S/C3H8O2.Sr.2H/c1-3(5)2-4;;;/h3-5H,2H2,1H3;;;/q;+2;2*-1. The van der Waals surface area contributed by atoms with Crippen LogP contribution in [0.2, 0.25) is 0 Å². The van der Waals surface area contributed by atoms with Crippen molar-refractivity contribution in [1.29, 1.82) is 0 Å². The molecular weight excluding hydrogens is 156 g/mol. The van der Waals surface area contributed by atoms with Gasteiger partial charge >= 0.3 is 45.5 Å². The van der Waals surface area contributed by atoms with Crippen LogP contribution in [0, 0.1) is 0 Å². The second-order valence-electron chi connectivity index (χ2n) is 1.03. The zero-order valence-electron chi connectivity index (χ0n) is 5.89. The van der Waals surface area contributed by atoms with Gasteiger partial charge in [0.05, 0.1) is 12.7 Å². The van der Waals surface area contributed by atoms with E-state index in [0.29, 0.717) is 0 Å². The van der Waals surface area contributed by atoms with Gasteiger partial charge in [-0.1, -0.05) is 0 Å². The van der Waals surface area contributed by atoms with E-state index < -0.39 is 6.10 Å². The molecule has 0 aliphatic carbocycles. The van der Waals surface area contributed by atoms with Crippen molar-refractivity contribution in [3.05, 3.63) is 0 Å². The molecule has 0 amide bonds. The Morgan fingerprint density at radius 1 is 1.83 bits per heavy atom. The molecule has 0 spiro atoms. The molecular formula is C3H10O2Sr. The van der Waals surface area contributed by atoms with Crippen molar-refractivity contribution in [2.75, 3.05) is 6.61 Å². The minimum Gasteiger partial charge on any atom is -1.00 e. The van der Waals surface area contributed by atoms with E-state index in [2.05, 4.69) is 0 Å². The summed E-state index contributed by atoms with van der Waals surface area (Å²) >= 11 is 0. The quantitative estimate of drug-likeness (QED) is 0.500. The molecule has 1 atom stereocenters. The third-order valence-corrected chi connectivity index (χ3v) is 0.264. The summed E-state index contributed by atoms with van der Waals surface area (Å²) in [6.45, 7) is 1.39. The fourth-order valence-electron chi connectivity index (χ4n) is 0. The zero-order valence-corrected chi connectivity index (χ0v) is 7.36. The van der Waals surface area contributed by atoms with E-state index in [1.165, 1.54) is 6.92 Å². The fraction of sp³-hybridized carbons (Fsp3) is 1.00. The van der Waals surface area contributed by atoms with Gasteiger partial charge in [0.25, 0.3) is 0 Å². The van der Waals surface area contributed by atoms with Crippen molar-refractivity contribution in [1.82, 2.24) is 0 Å². The average Bonchev–Trinajstić information content (AvgIpc) is 1.38. The number of aliphatic hydroxyl groups excluding tert-OH is 2. The van der Waals surface area contributed by atoms with Crippen LogP contribution in [0.15, 0.2) is 0 Å². The molecule has 0 saturated carbocycles. The van der Waals surface area contributed by atoms with Crippen LogP contribution in [0.3, 0.4) is 0 Å². The molecule has 0 bridgehead atoms.